The van der Waals surface area contributed by atoms with Crippen LogP contribution in [-0.2, 0) is 10.0 Å². The summed E-state index contributed by atoms with van der Waals surface area (Å²) in [5.41, 5.74) is 0.569. The van der Waals surface area contributed by atoms with E-state index in [9.17, 15) is 8.42 Å². The molecule has 0 radical (unpaired) electrons. The molecule has 5 nitrogen and oxygen atoms in total. The van der Waals surface area contributed by atoms with Gasteiger partial charge in [0.2, 0.25) is 10.0 Å². The standard InChI is InChI=1S/C14H22N2O3S/c1-11(2)19-14-7-5-12(6-8-14)16-20(17,18)10-13-4-3-9-15-13/h5-8,11,13,15-16H,3-4,9-10H2,1-2H3. The van der Waals surface area contributed by atoms with Crippen molar-refractivity contribution in [1.82, 2.24) is 5.32 Å². The van der Waals surface area contributed by atoms with Crippen molar-refractivity contribution >= 4 is 15.7 Å². The Morgan fingerprint density at radius 3 is 2.60 bits per heavy atom. The van der Waals surface area contributed by atoms with Crippen LogP contribution >= 0.6 is 0 Å². The van der Waals surface area contributed by atoms with Gasteiger partial charge in [-0.05, 0) is 57.5 Å². The van der Waals surface area contributed by atoms with Gasteiger partial charge >= 0.3 is 0 Å². The predicted octanol–water partition coefficient (Wildman–Crippen LogP) is 1.97. The number of ether oxygens (including phenoxy) is 1. The largest absolute Gasteiger partial charge is 0.491 e. The van der Waals surface area contributed by atoms with Gasteiger partial charge in [-0.3, -0.25) is 4.72 Å². The van der Waals surface area contributed by atoms with Crippen LogP contribution in [0.15, 0.2) is 24.3 Å². The summed E-state index contributed by atoms with van der Waals surface area (Å²) < 4.78 is 32.2. The SMILES string of the molecule is CC(C)Oc1ccc(NS(=O)(=O)CC2CCCN2)cc1. The molecule has 1 aliphatic rings. The van der Waals surface area contributed by atoms with Crippen molar-refractivity contribution in [2.45, 2.75) is 38.8 Å². The van der Waals surface area contributed by atoms with E-state index in [4.69, 9.17) is 4.74 Å². The highest BCUT2D eigenvalue weighted by Crippen LogP contribution is 2.18. The Balaban J connectivity index is 1.94. The van der Waals surface area contributed by atoms with Crippen LogP contribution in [0.4, 0.5) is 5.69 Å². The first-order chi connectivity index (χ1) is 9.44. The Kier molecular flexibility index (Phi) is 4.88. The maximum Gasteiger partial charge on any atom is 0.234 e. The molecule has 0 saturated carbocycles. The molecular weight excluding hydrogens is 276 g/mol. The van der Waals surface area contributed by atoms with Gasteiger partial charge in [0.1, 0.15) is 5.75 Å². The average molecular weight is 298 g/mol. The summed E-state index contributed by atoms with van der Waals surface area (Å²) in [5.74, 6) is 0.859. The van der Waals surface area contributed by atoms with E-state index in [1.807, 2.05) is 13.8 Å². The van der Waals surface area contributed by atoms with E-state index < -0.39 is 10.0 Å². The zero-order valence-corrected chi connectivity index (χ0v) is 12.7. The minimum atomic E-state index is -3.31. The minimum absolute atomic E-state index is 0.0658. The molecule has 1 fully saturated rings. The molecule has 0 aliphatic carbocycles. The van der Waals surface area contributed by atoms with Gasteiger partial charge in [-0.25, -0.2) is 8.42 Å². The van der Waals surface area contributed by atoms with Crippen molar-refractivity contribution in [2.24, 2.45) is 0 Å². The molecule has 2 N–H and O–H groups in total. The number of nitrogens with one attached hydrogen (secondary N) is 2. The van der Waals surface area contributed by atoms with E-state index in [0.717, 1.165) is 25.1 Å². The van der Waals surface area contributed by atoms with Crippen molar-refractivity contribution in [3.8, 4) is 5.75 Å². The predicted molar refractivity (Wildman–Crippen MR) is 80.6 cm³/mol. The van der Waals surface area contributed by atoms with Crippen molar-refractivity contribution in [3.63, 3.8) is 0 Å². The Morgan fingerprint density at radius 1 is 1.35 bits per heavy atom. The van der Waals surface area contributed by atoms with Crippen LogP contribution in [0.3, 0.4) is 0 Å². The molecule has 1 unspecified atom stereocenters. The molecule has 0 aromatic heterocycles. The fraction of sp³-hybridized carbons (Fsp3) is 0.571. The monoisotopic (exact) mass is 298 g/mol. The molecule has 0 amide bonds. The number of benzene rings is 1. The van der Waals surface area contributed by atoms with E-state index in [1.165, 1.54) is 0 Å². The summed E-state index contributed by atoms with van der Waals surface area (Å²) in [6.45, 7) is 4.80. The fourth-order valence-corrected chi connectivity index (χ4v) is 3.65. The van der Waals surface area contributed by atoms with Crippen molar-refractivity contribution in [2.75, 3.05) is 17.0 Å². The van der Waals surface area contributed by atoms with E-state index in [1.54, 1.807) is 24.3 Å². The third kappa shape index (κ3) is 4.68. The molecule has 1 aromatic rings. The number of rotatable bonds is 6. The Morgan fingerprint density at radius 2 is 2.05 bits per heavy atom. The summed E-state index contributed by atoms with van der Waals surface area (Å²) in [5, 5.41) is 3.19. The molecule has 2 rings (SSSR count). The lowest BCUT2D eigenvalue weighted by Gasteiger charge is -2.13. The smallest absolute Gasteiger partial charge is 0.234 e. The molecule has 1 aromatic carbocycles. The van der Waals surface area contributed by atoms with Gasteiger partial charge in [0.25, 0.3) is 0 Å². The molecule has 1 atom stereocenters. The lowest BCUT2D eigenvalue weighted by molar-refractivity contribution is 0.242. The minimum Gasteiger partial charge on any atom is -0.491 e. The van der Waals surface area contributed by atoms with Crippen LogP contribution in [0.5, 0.6) is 5.75 Å². The van der Waals surface area contributed by atoms with E-state index in [-0.39, 0.29) is 17.9 Å². The first-order valence-corrected chi connectivity index (χ1v) is 8.60. The highest BCUT2D eigenvalue weighted by atomic mass is 32.2. The van der Waals surface area contributed by atoms with E-state index >= 15 is 0 Å². The number of anilines is 1. The van der Waals surface area contributed by atoms with Crippen LogP contribution in [0.25, 0.3) is 0 Å². The normalized spacial score (nSPS) is 19.2. The molecule has 20 heavy (non-hydrogen) atoms. The lowest BCUT2D eigenvalue weighted by atomic mass is 10.3. The molecule has 6 heteroatoms. The van der Waals surface area contributed by atoms with E-state index in [0.29, 0.717) is 5.69 Å². The average Bonchev–Trinajstić information content (AvgIpc) is 2.82. The molecule has 112 valence electrons. The molecule has 1 aliphatic heterocycles. The third-order valence-corrected chi connectivity index (χ3v) is 4.47. The van der Waals surface area contributed by atoms with Gasteiger partial charge < -0.3 is 10.1 Å². The van der Waals surface area contributed by atoms with Crippen LogP contribution < -0.4 is 14.8 Å². The molecular formula is C14H22N2O3S. The topological polar surface area (TPSA) is 67.4 Å². The lowest BCUT2D eigenvalue weighted by Crippen LogP contribution is -2.32. The second kappa shape index (κ2) is 6.45. The fourth-order valence-electron chi connectivity index (χ4n) is 2.26. The zero-order valence-electron chi connectivity index (χ0n) is 11.9. The summed E-state index contributed by atoms with van der Waals surface area (Å²) in [4.78, 5) is 0. The summed E-state index contributed by atoms with van der Waals surface area (Å²) in [6, 6.07) is 7.04. The quantitative estimate of drug-likeness (QED) is 0.842. The van der Waals surface area contributed by atoms with Crippen LogP contribution in [0.2, 0.25) is 0 Å². The molecule has 1 heterocycles. The molecule has 1 saturated heterocycles. The Labute approximate surface area is 120 Å². The van der Waals surface area contributed by atoms with Gasteiger partial charge in [-0.2, -0.15) is 0 Å². The Hall–Kier alpha value is -1.27. The van der Waals surface area contributed by atoms with Gasteiger partial charge in [0, 0.05) is 11.7 Å². The molecule has 0 spiro atoms. The van der Waals surface area contributed by atoms with Gasteiger partial charge in [-0.15, -0.1) is 0 Å². The number of hydrogen-bond donors (Lipinski definition) is 2. The first-order valence-electron chi connectivity index (χ1n) is 6.95. The Bertz CT molecular complexity index is 520. The third-order valence-electron chi connectivity index (χ3n) is 3.08. The summed E-state index contributed by atoms with van der Waals surface area (Å²) in [7, 11) is -3.31. The maximum atomic E-state index is 12.0. The van der Waals surface area contributed by atoms with Gasteiger partial charge in [-0.1, -0.05) is 0 Å². The number of sulfonamides is 1. The van der Waals surface area contributed by atoms with Crippen molar-refractivity contribution < 1.29 is 13.2 Å². The van der Waals surface area contributed by atoms with Gasteiger partial charge in [0.15, 0.2) is 0 Å². The van der Waals surface area contributed by atoms with Crippen molar-refractivity contribution in [1.29, 1.82) is 0 Å². The zero-order chi connectivity index (χ0) is 14.6. The molecule has 0 bridgehead atoms. The van der Waals surface area contributed by atoms with Crippen LogP contribution in [-0.4, -0.2) is 32.9 Å². The summed E-state index contributed by atoms with van der Waals surface area (Å²) >= 11 is 0. The second-order valence-corrected chi connectivity index (χ2v) is 7.13. The second-order valence-electron chi connectivity index (χ2n) is 5.37. The summed E-state index contributed by atoms with van der Waals surface area (Å²) in [6.07, 6.45) is 2.06. The number of hydrogen-bond acceptors (Lipinski definition) is 4. The van der Waals surface area contributed by atoms with E-state index in [2.05, 4.69) is 10.0 Å². The highest BCUT2D eigenvalue weighted by molar-refractivity contribution is 7.92. The van der Waals surface area contributed by atoms with Crippen LogP contribution in [0.1, 0.15) is 26.7 Å². The van der Waals surface area contributed by atoms with Crippen molar-refractivity contribution in [3.05, 3.63) is 24.3 Å². The van der Waals surface area contributed by atoms with Crippen LogP contribution in [0, 0.1) is 0 Å². The highest BCUT2D eigenvalue weighted by Gasteiger charge is 2.21. The first kappa shape index (κ1) is 15.1. The van der Waals surface area contributed by atoms with Gasteiger partial charge in [0.05, 0.1) is 11.9 Å². The maximum absolute atomic E-state index is 12.0.